The largest absolute Gasteiger partial charge is 0.393 e. The van der Waals surface area contributed by atoms with E-state index in [9.17, 15) is 28.8 Å². The molecule has 3 fully saturated rings. The molecule has 0 radical (unpaired) electrons. The highest BCUT2D eigenvalue weighted by Gasteiger charge is 2.69. The minimum atomic E-state index is -1.45. The molecular formula is C21H16O9. The Morgan fingerprint density at radius 2 is 1.37 bits per heavy atom. The molecule has 0 aromatic heterocycles. The minimum absolute atomic E-state index is 0.146. The van der Waals surface area contributed by atoms with Gasteiger partial charge in [0.15, 0.2) is 0 Å². The van der Waals surface area contributed by atoms with Crippen molar-refractivity contribution in [1.82, 2.24) is 0 Å². The summed E-state index contributed by atoms with van der Waals surface area (Å²) < 4.78 is 14.5. The Morgan fingerprint density at radius 1 is 0.800 bits per heavy atom. The van der Waals surface area contributed by atoms with Gasteiger partial charge in [-0.2, -0.15) is 0 Å². The van der Waals surface area contributed by atoms with Crippen molar-refractivity contribution in [2.75, 3.05) is 0 Å². The maximum atomic E-state index is 12.8. The summed E-state index contributed by atoms with van der Waals surface area (Å²) in [5.41, 5.74) is -1.95. The third-order valence-corrected chi connectivity index (χ3v) is 6.95. The smallest absolute Gasteiger partial charge is 0.322 e. The van der Waals surface area contributed by atoms with Gasteiger partial charge in [-0.3, -0.25) is 28.8 Å². The average molecular weight is 412 g/mol. The van der Waals surface area contributed by atoms with Crippen LogP contribution in [0.3, 0.4) is 0 Å². The van der Waals surface area contributed by atoms with E-state index >= 15 is 0 Å². The lowest BCUT2D eigenvalue weighted by Crippen LogP contribution is -2.54. The number of benzene rings is 1. The molecule has 4 unspecified atom stereocenters. The molecule has 5 rings (SSSR count). The van der Waals surface area contributed by atoms with Crippen LogP contribution in [-0.2, 0) is 48.4 Å². The predicted molar refractivity (Wildman–Crippen MR) is 93.1 cm³/mol. The zero-order valence-electron chi connectivity index (χ0n) is 15.8. The van der Waals surface area contributed by atoms with Gasteiger partial charge in [-0.05, 0) is 24.5 Å². The monoisotopic (exact) mass is 412 g/mol. The molecule has 1 aromatic carbocycles. The fourth-order valence-corrected chi connectivity index (χ4v) is 5.76. The van der Waals surface area contributed by atoms with Gasteiger partial charge in [0.05, 0.1) is 36.0 Å². The van der Waals surface area contributed by atoms with E-state index in [2.05, 4.69) is 0 Å². The first kappa shape index (κ1) is 18.7. The molecule has 0 amide bonds. The molecule has 0 saturated carbocycles. The van der Waals surface area contributed by atoms with Gasteiger partial charge in [-0.25, -0.2) is 0 Å². The first-order valence-electron chi connectivity index (χ1n) is 9.53. The van der Waals surface area contributed by atoms with Crippen LogP contribution in [0.2, 0.25) is 0 Å². The molecule has 154 valence electrons. The first-order chi connectivity index (χ1) is 14.2. The zero-order valence-corrected chi connectivity index (χ0v) is 15.8. The highest BCUT2D eigenvalue weighted by molar-refractivity contribution is 6.04. The van der Waals surface area contributed by atoms with Crippen LogP contribution in [0.1, 0.15) is 43.2 Å². The molecule has 3 saturated heterocycles. The summed E-state index contributed by atoms with van der Waals surface area (Å²) in [6, 6.07) is 6.62. The molecule has 4 atom stereocenters. The summed E-state index contributed by atoms with van der Waals surface area (Å²) in [4.78, 5) is 74.7. The zero-order chi connectivity index (χ0) is 21.4. The van der Waals surface area contributed by atoms with Crippen LogP contribution in [0.5, 0.6) is 0 Å². The second kappa shape index (κ2) is 5.84. The lowest BCUT2D eigenvalue weighted by molar-refractivity contribution is -0.160. The lowest BCUT2D eigenvalue weighted by atomic mass is 9.48. The van der Waals surface area contributed by atoms with Crippen molar-refractivity contribution in [2.45, 2.75) is 37.5 Å². The molecule has 0 bridgehead atoms. The van der Waals surface area contributed by atoms with Crippen molar-refractivity contribution in [2.24, 2.45) is 17.3 Å². The van der Waals surface area contributed by atoms with Crippen LogP contribution in [-0.4, -0.2) is 35.8 Å². The van der Waals surface area contributed by atoms with Gasteiger partial charge in [0.2, 0.25) is 0 Å². The van der Waals surface area contributed by atoms with Crippen molar-refractivity contribution in [3.05, 3.63) is 35.4 Å². The first-order valence-corrected chi connectivity index (χ1v) is 9.53. The molecule has 3 heterocycles. The number of carbonyl (C=O) groups excluding carboxylic acids is 6. The summed E-state index contributed by atoms with van der Waals surface area (Å²) in [7, 11) is 0. The van der Waals surface area contributed by atoms with E-state index in [1.54, 1.807) is 31.2 Å². The maximum absolute atomic E-state index is 12.8. The van der Waals surface area contributed by atoms with Crippen LogP contribution in [0, 0.1) is 17.3 Å². The Hall–Kier alpha value is -3.36. The fourth-order valence-electron chi connectivity index (χ4n) is 5.76. The van der Waals surface area contributed by atoms with Crippen LogP contribution >= 0.6 is 0 Å². The summed E-state index contributed by atoms with van der Waals surface area (Å²) in [5, 5.41) is 0. The third kappa shape index (κ3) is 2.17. The summed E-state index contributed by atoms with van der Waals surface area (Å²) >= 11 is 0. The van der Waals surface area contributed by atoms with Crippen LogP contribution < -0.4 is 0 Å². The van der Waals surface area contributed by atoms with E-state index in [-0.39, 0.29) is 19.3 Å². The van der Waals surface area contributed by atoms with E-state index in [0.29, 0.717) is 11.1 Å². The number of fused-ring (bicyclic) bond motifs is 3. The fraction of sp³-hybridized carbons (Fsp3) is 0.429. The number of esters is 6. The van der Waals surface area contributed by atoms with Gasteiger partial charge in [-0.1, -0.05) is 24.3 Å². The van der Waals surface area contributed by atoms with Gasteiger partial charge in [0.1, 0.15) is 0 Å². The van der Waals surface area contributed by atoms with E-state index in [1.807, 2.05) is 0 Å². The molecule has 1 aromatic rings. The van der Waals surface area contributed by atoms with Gasteiger partial charge in [0, 0.05) is 5.41 Å². The van der Waals surface area contributed by atoms with Crippen LogP contribution in [0.4, 0.5) is 0 Å². The lowest BCUT2D eigenvalue weighted by Gasteiger charge is -2.50. The van der Waals surface area contributed by atoms with Crippen molar-refractivity contribution in [3.8, 4) is 0 Å². The van der Waals surface area contributed by atoms with Gasteiger partial charge in [-0.15, -0.1) is 0 Å². The number of hydrogen-bond donors (Lipinski definition) is 0. The highest BCUT2D eigenvalue weighted by Crippen LogP contribution is 2.63. The van der Waals surface area contributed by atoms with Crippen molar-refractivity contribution in [3.63, 3.8) is 0 Å². The Balaban J connectivity index is 1.82. The van der Waals surface area contributed by atoms with E-state index in [1.165, 1.54) is 0 Å². The molecule has 9 nitrogen and oxygen atoms in total. The van der Waals surface area contributed by atoms with Crippen molar-refractivity contribution in [1.29, 1.82) is 0 Å². The Morgan fingerprint density at radius 3 is 1.90 bits per heavy atom. The molecular weight excluding hydrogens is 396 g/mol. The topological polar surface area (TPSA) is 130 Å². The van der Waals surface area contributed by atoms with E-state index in [0.717, 1.165) is 0 Å². The van der Waals surface area contributed by atoms with Gasteiger partial charge in [0.25, 0.3) is 0 Å². The quantitative estimate of drug-likeness (QED) is 0.391. The molecule has 0 N–H and O–H groups in total. The number of cyclic esters (lactones) is 6. The highest BCUT2D eigenvalue weighted by atomic mass is 16.6. The van der Waals surface area contributed by atoms with Crippen LogP contribution in [0.25, 0.3) is 0 Å². The van der Waals surface area contributed by atoms with E-state index in [4.69, 9.17) is 14.2 Å². The number of carbonyl (C=O) groups is 6. The van der Waals surface area contributed by atoms with Crippen molar-refractivity contribution < 1.29 is 43.0 Å². The molecule has 0 spiro atoms. The molecule has 1 aliphatic carbocycles. The molecule has 9 heteroatoms. The number of ether oxygens (including phenoxy) is 3. The van der Waals surface area contributed by atoms with Crippen LogP contribution in [0.15, 0.2) is 24.3 Å². The molecule has 3 aliphatic heterocycles. The molecule has 30 heavy (non-hydrogen) atoms. The SMILES string of the molecule is CC12CC(C3CC(=O)OC3=O)(C3CC(=O)OC3=O)c3ccccc3C1C(=O)OC2=O. The predicted octanol–water partition coefficient (Wildman–Crippen LogP) is 0.681. The maximum Gasteiger partial charge on any atom is 0.322 e. The Labute approximate surface area is 169 Å². The van der Waals surface area contributed by atoms with Gasteiger partial charge < -0.3 is 14.2 Å². The standard InChI is InChI=1S/C21H16O9/c1-20-8-21(11-6-13(22)28-16(11)24,12-7-14(23)29-17(12)25)10-5-3-2-4-9(10)15(20)18(26)30-19(20)27/h2-5,11-12,15H,6-8H2,1H3. The van der Waals surface area contributed by atoms with Gasteiger partial charge >= 0.3 is 35.8 Å². The minimum Gasteiger partial charge on any atom is -0.393 e. The summed E-state index contributed by atoms with van der Waals surface area (Å²) in [6.45, 7) is 1.54. The van der Waals surface area contributed by atoms with E-state index < -0.39 is 64.4 Å². The Kier molecular flexibility index (Phi) is 3.63. The second-order valence-electron chi connectivity index (χ2n) is 8.46. The Bertz CT molecular complexity index is 1030. The third-order valence-electron chi connectivity index (χ3n) is 6.95. The normalized spacial score (nSPS) is 37.6. The number of hydrogen-bond acceptors (Lipinski definition) is 9. The summed E-state index contributed by atoms with van der Waals surface area (Å²) in [6.07, 6.45) is -0.768. The number of rotatable bonds is 2. The second-order valence-corrected chi connectivity index (χ2v) is 8.46. The molecule has 4 aliphatic rings. The average Bonchev–Trinajstić information content (AvgIpc) is 3.27. The van der Waals surface area contributed by atoms with Crippen molar-refractivity contribution >= 4 is 35.8 Å². The summed E-state index contributed by atoms with van der Waals surface area (Å²) in [5.74, 6) is -7.80.